The fourth-order valence-electron chi connectivity index (χ4n) is 1.77. The van der Waals surface area contributed by atoms with E-state index in [0.29, 0.717) is 13.0 Å². The Morgan fingerprint density at radius 2 is 1.92 bits per heavy atom. The molecular formula is C8H14F3N. The summed E-state index contributed by atoms with van der Waals surface area (Å²) in [5, 5.41) is 2.52. The third-order valence-corrected chi connectivity index (χ3v) is 2.46. The molecule has 0 aliphatic carbocycles. The number of halogens is 3. The maximum atomic E-state index is 12.4. The molecule has 4 heteroatoms. The summed E-state index contributed by atoms with van der Waals surface area (Å²) in [5.74, 6) is 0. The molecule has 0 aromatic rings. The van der Waals surface area contributed by atoms with Crippen molar-refractivity contribution >= 4 is 0 Å². The van der Waals surface area contributed by atoms with Gasteiger partial charge in [-0.2, -0.15) is 13.2 Å². The van der Waals surface area contributed by atoms with Gasteiger partial charge >= 0.3 is 6.18 Å². The quantitative estimate of drug-likeness (QED) is 0.604. The third-order valence-electron chi connectivity index (χ3n) is 2.46. The summed E-state index contributed by atoms with van der Waals surface area (Å²) in [7, 11) is 0. The van der Waals surface area contributed by atoms with Gasteiger partial charge in [-0.15, -0.1) is 0 Å². The summed E-state index contributed by atoms with van der Waals surface area (Å²) in [5.41, 5.74) is -0.656. The van der Waals surface area contributed by atoms with Crippen molar-refractivity contribution in [2.75, 3.05) is 6.54 Å². The lowest BCUT2D eigenvalue weighted by atomic mass is 9.77. The minimum Gasteiger partial charge on any atom is -0.306 e. The van der Waals surface area contributed by atoms with Gasteiger partial charge in [-0.3, -0.25) is 0 Å². The van der Waals surface area contributed by atoms with Crippen molar-refractivity contribution in [1.82, 2.24) is 5.32 Å². The second-order valence-corrected chi connectivity index (χ2v) is 4.02. The molecule has 12 heavy (non-hydrogen) atoms. The van der Waals surface area contributed by atoms with Gasteiger partial charge in [0.05, 0.1) is 0 Å². The molecule has 0 aromatic carbocycles. The molecule has 72 valence electrons. The average Bonchev–Trinajstić information content (AvgIpc) is 1.83. The Bertz CT molecular complexity index is 162. The standard InChI is InChI=1S/C8H14F3N/c1-7(2)4-3-5-12-6(7)8(9,10)11/h6,12H,3-5H2,1-2H3. The van der Waals surface area contributed by atoms with E-state index in [1.807, 2.05) is 0 Å². The molecule has 0 spiro atoms. The van der Waals surface area contributed by atoms with E-state index >= 15 is 0 Å². The van der Waals surface area contributed by atoms with E-state index in [0.717, 1.165) is 6.42 Å². The van der Waals surface area contributed by atoms with Gasteiger partial charge in [-0.05, 0) is 24.8 Å². The number of alkyl halides is 3. The van der Waals surface area contributed by atoms with Crippen LogP contribution in [-0.2, 0) is 0 Å². The van der Waals surface area contributed by atoms with Crippen LogP contribution in [0, 0.1) is 5.41 Å². The van der Waals surface area contributed by atoms with E-state index in [9.17, 15) is 13.2 Å². The number of nitrogens with one attached hydrogen (secondary N) is 1. The lowest BCUT2D eigenvalue weighted by molar-refractivity contribution is -0.185. The first kappa shape index (κ1) is 9.84. The maximum Gasteiger partial charge on any atom is 0.404 e. The molecule has 0 amide bonds. The molecule has 0 bridgehead atoms. The Kier molecular flexibility index (Phi) is 2.38. The Labute approximate surface area is 70.3 Å². The molecule has 1 heterocycles. The molecule has 1 unspecified atom stereocenters. The van der Waals surface area contributed by atoms with Crippen LogP contribution in [0.4, 0.5) is 13.2 Å². The van der Waals surface area contributed by atoms with Crippen LogP contribution in [0.1, 0.15) is 26.7 Å². The van der Waals surface area contributed by atoms with E-state index < -0.39 is 17.6 Å². The van der Waals surface area contributed by atoms with Gasteiger partial charge < -0.3 is 5.32 Å². The zero-order chi connectivity index (χ0) is 9.41. The van der Waals surface area contributed by atoms with Crippen LogP contribution in [0.5, 0.6) is 0 Å². The van der Waals surface area contributed by atoms with Crippen molar-refractivity contribution in [2.45, 2.75) is 38.9 Å². The number of hydrogen-bond donors (Lipinski definition) is 1. The number of hydrogen-bond acceptors (Lipinski definition) is 1. The fraction of sp³-hybridized carbons (Fsp3) is 1.00. The molecule has 1 nitrogen and oxygen atoms in total. The van der Waals surface area contributed by atoms with Crippen molar-refractivity contribution in [3.63, 3.8) is 0 Å². The predicted molar refractivity (Wildman–Crippen MR) is 40.9 cm³/mol. The number of piperidine rings is 1. The van der Waals surface area contributed by atoms with E-state index in [1.165, 1.54) is 0 Å². The highest BCUT2D eigenvalue weighted by Gasteiger charge is 2.49. The van der Waals surface area contributed by atoms with Gasteiger partial charge in [0.15, 0.2) is 0 Å². The zero-order valence-electron chi connectivity index (χ0n) is 7.33. The van der Waals surface area contributed by atoms with Gasteiger partial charge in [-0.25, -0.2) is 0 Å². The van der Waals surface area contributed by atoms with Crippen LogP contribution in [0.25, 0.3) is 0 Å². The van der Waals surface area contributed by atoms with E-state index in [-0.39, 0.29) is 0 Å². The van der Waals surface area contributed by atoms with E-state index in [1.54, 1.807) is 13.8 Å². The van der Waals surface area contributed by atoms with Gasteiger partial charge in [0.2, 0.25) is 0 Å². The topological polar surface area (TPSA) is 12.0 Å². The van der Waals surface area contributed by atoms with Gasteiger partial charge in [-0.1, -0.05) is 13.8 Å². The summed E-state index contributed by atoms with van der Waals surface area (Å²) >= 11 is 0. The molecule has 1 fully saturated rings. The smallest absolute Gasteiger partial charge is 0.306 e. The van der Waals surface area contributed by atoms with Crippen molar-refractivity contribution in [3.8, 4) is 0 Å². The normalized spacial score (nSPS) is 30.2. The highest BCUT2D eigenvalue weighted by Crippen LogP contribution is 2.38. The fourth-order valence-corrected chi connectivity index (χ4v) is 1.77. The molecule has 0 radical (unpaired) electrons. The summed E-state index contributed by atoms with van der Waals surface area (Å²) in [6.07, 6.45) is -2.63. The molecule has 0 saturated carbocycles. The summed E-state index contributed by atoms with van der Waals surface area (Å²) < 4.78 is 37.1. The minimum atomic E-state index is -4.11. The van der Waals surface area contributed by atoms with E-state index in [2.05, 4.69) is 5.32 Å². The molecule has 1 N–H and O–H groups in total. The first-order valence-electron chi connectivity index (χ1n) is 4.14. The van der Waals surface area contributed by atoms with Gasteiger partial charge in [0.1, 0.15) is 6.04 Å². The van der Waals surface area contributed by atoms with Crippen LogP contribution in [0.15, 0.2) is 0 Å². The first-order valence-corrected chi connectivity index (χ1v) is 4.14. The summed E-state index contributed by atoms with van der Waals surface area (Å²) in [6.45, 7) is 3.81. The second kappa shape index (κ2) is 2.91. The molecular weight excluding hydrogens is 167 g/mol. The summed E-state index contributed by atoms with van der Waals surface area (Å²) in [4.78, 5) is 0. The molecule has 1 aliphatic rings. The van der Waals surface area contributed by atoms with Crippen LogP contribution >= 0.6 is 0 Å². The van der Waals surface area contributed by atoms with Crippen LogP contribution in [-0.4, -0.2) is 18.8 Å². The highest BCUT2D eigenvalue weighted by atomic mass is 19.4. The van der Waals surface area contributed by atoms with Crippen LogP contribution in [0.2, 0.25) is 0 Å². The maximum absolute atomic E-state index is 12.4. The Morgan fingerprint density at radius 1 is 1.33 bits per heavy atom. The average molecular weight is 181 g/mol. The van der Waals surface area contributed by atoms with Gasteiger partial charge in [0, 0.05) is 0 Å². The molecule has 1 saturated heterocycles. The predicted octanol–water partition coefficient (Wildman–Crippen LogP) is 2.33. The molecule has 1 atom stereocenters. The SMILES string of the molecule is CC1(C)CCCNC1C(F)(F)F. The van der Waals surface area contributed by atoms with Crippen molar-refractivity contribution in [2.24, 2.45) is 5.41 Å². The second-order valence-electron chi connectivity index (χ2n) is 4.02. The van der Waals surface area contributed by atoms with Crippen molar-refractivity contribution in [3.05, 3.63) is 0 Å². The van der Waals surface area contributed by atoms with Gasteiger partial charge in [0.25, 0.3) is 0 Å². The first-order chi connectivity index (χ1) is 5.34. The Balaban J connectivity index is 2.73. The van der Waals surface area contributed by atoms with Crippen LogP contribution < -0.4 is 5.32 Å². The molecule has 1 rings (SSSR count). The van der Waals surface area contributed by atoms with Crippen molar-refractivity contribution in [1.29, 1.82) is 0 Å². The summed E-state index contributed by atoms with van der Waals surface area (Å²) in [6, 6.07) is -1.33. The highest BCUT2D eigenvalue weighted by molar-refractivity contribution is 4.92. The Morgan fingerprint density at radius 3 is 2.25 bits per heavy atom. The van der Waals surface area contributed by atoms with Crippen LogP contribution in [0.3, 0.4) is 0 Å². The monoisotopic (exact) mass is 181 g/mol. The Hall–Kier alpha value is -0.250. The third kappa shape index (κ3) is 1.91. The lowest BCUT2D eigenvalue weighted by Gasteiger charge is -2.40. The van der Waals surface area contributed by atoms with E-state index in [4.69, 9.17) is 0 Å². The minimum absolute atomic E-state index is 0.480. The molecule has 1 aliphatic heterocycles. The molecule has 0 aromatic heterocycles. The number of rotatable bonds is 0. The lowest BCUT2D eigenvalue weighted by Crippen LogP contribution is -2.55. The largest absolute Gasteiger partial charge is 0.404 e. The van der Waals surface area contributed by atoms with Crippen molar-refractivity contribution < 1.29 is 13.2 Å². The zero-order valence-corrected chi connectivity index (χ0v) is 7.33.